The van der Waals surface area contributed by atoms with Crippen molar-refractivity contribution in [2.45, 2.75) is 33.4 Å². The van der Waals surface area contributed by atoms with Crippen molar-refractivity contribution in [3.05, 3.63) is 56.1 Å². The predicted molar refractivity (Wildman–Crippen MR) is 85.7 cm³/mol. The van der Waals surface area contributed by atoms with Crippen molar-refractivity contribution in [1.29, 1.82) is 0 Å². The first-order chi connectivity index (χ1) is 9.91. The van der Waals surface area contributed by atoms with Gasteiger partial charge in [-0.2, -0.15) is 0 Å². The van der Waals surface area contributed by atoms with Crippen LogP contribution >= 0.6 is 11.3 Å². The minimum Gasteiger partial charge on any atom is -0.331 e. The molecule has 5 heteroatoms. The third-order valence-electron chi connectivity index (χ3n) is 3.57. The van der Waals surface area contributed by atoms with Gasteiger partial charge in [-0.25, -0.2) is 0 Å². The van der Waals surface area contributed by atoms with E-state index < -0.39 is 0 Å². The van der Waals surface area contributed by atoms with E-state index in [1.807, 2.05) is 51.1 Å². The summed E-state index contributed by atoms with van der Waals surface area (Å²) in [5.41, 5.74) is 1.81. The van der Waals surface area contributed by atoms with E-state index in [-0.39, 0.29) is 16.8 Å². The summed E-state index contributed by atoms with van der Waals surface area (Å²) >= 11 is 1.02. The maximum Gasteiger partial charge on any atom is 0.307 e. The molecule has 0 bridgehead atoms. The molecule has 1 aromatic heterocycles. The summed E-state index contributed by atoms with van der Waals surface area (Å²) in [4.78, 5) is 26.7. The van der Waals surface area contributed by atoms with Crippen molar-refractivity contribution in [3.8, 4) is 0 Å². The highest BCUT2D eigenvalue weighted by atomic mass is 32.1. The molecule has 0 aliphatic heterocycles. The Labute approximate surface area is 128 Å². The summed E-state index contributed by atoms with van der Waals surface area (Å²) in [7, 11) is 1.70. The van der Waals surface area contributed by atoms with Gasteiger partial charge in [-0.15, -0.1) is 0 Å². The zero-order valence-corrected chi connectivity index (χ0v) is 13.6. The van der Waals surface area contributed by atoms with Gasteiger partial charge in [-0.1, -0.05) is 41.7 Å². The average molecular weight is 304 g/mol. The molecule has 0 unspecified atom stereocenters. The van der Waals surface area contributed by atoms with Crippen molar-refractivity contribution < 1.29 is 4.79 Å². The lowest BCUT2D eigenvalue weighted by Gasteiger charge is -2.26. The second-order valence-electron chi connectivity index (χ2n) is 5.35. The summed E-state index contributed by atoms with van der Waals surface area (Å²) in [5, 5.41) is 0. The molecule has 0 aliphatic carbocycles. The van der Waals surface area contributed by atoms with Crippen LogP contribution in [0.15, 0.2) is 35.1 Å². The fraction of sp³-hybridized carbons (Fsp3) is 0.375. The lowest BCUT2D eigenvalue weighted by Crippen LogP contribution is -2.36. The molecule has 0 spiro atoms. The number of nitrogens with zero attached hydrogens (tertiary/aromatic N) is 2. The fourth-order valence-electron chi connectivity index (χ4n) is 2.12. The summed E-state index contributed by atoms with van der Waals surface area (Å²) in [6.45, 7) is 6.34. The Morgan fingerprint density at radius 1 is 1.29 bits per heavy atom. The van der Waals surface area contributed by atoms with Crippen LogP contribution in [0.2, 0.25) is 0 Å². The first-order valence-corrected chi connectivity index (χ1v) is 7.74. The molecule has 0 atom stereocenters. The van der Waals surface area contributed by atoms with Gasteiger partial charge in [0.15, 0.2) is 0 Å². The molecule has 0 fully saturated rings. The minimum absolute atomic E-state index is 0.0691. The molecule has 21 heavy (non-hydrogen) atoms. The highest BCUT2D eigenvalue weighted by molar-refractivity contribution is 7.11. The monoisotopic (exact) mass is 304 g/mol. The molecule has 112 valence electrons. The van der Waals surface area contributed by atoms with Gasteiger partial charge in [-0.05, 0) is 26.3 Å². The van der Waals surface area contributed by atoms with Crippen LogP contribution in [0.25, 0.3) is 0 Å². The Morgan fingerprint density at radius 3 is 2.38 bits per heavy atom. The van der Waals surface area contributed by atoms with Gasteiger partial charge in [-0.3, -0.25) is 9.59 Å². The van der Waals surface area contributed by atoms with Crippen LogP contribution in [0.3, 0.4) is 0 Å². The van der Waals surface area contributed by atoms with Crippen LogP contribution in [-0.2, 0) is 13.6 Å². The van der Waals surface area contributed by atoms with Gasteiger partial charge >= 0.3 is 4.87 Å². The van der Waals surface area contributed by atoms with E-state index in [9.17, 15) is 9.59 Å². The van der Waals surface area contributed by atoms with Crippen LogP contribution < -0.4 is 4.87 Å². The van der Waals surface area contributed by atoms with E-state index in [1.54, 1.807) is 11.9 Å². The Hall–Kier alpha value is -1.88. The fourth-order valence-corrected chi connectivity index (χ4v) is 3.05. The van der Waals surface area contributed by atoms with E-state index in [0.29, 0.717) is 11.4 Å². The van der Waals surface area contributed by atoms with Gasteiger partial charge in [0.05, 0.1) is 0 Å². The zero-order valence-electron chi connectivity index (χ0n) is 12.8. The molecule has 0 N–H and O–H groups in total. The van der Waals surface area contributed by atoms with Crippen LogP contribution in [0.1, 0.15) is 34.8 Å². The van der Waals surface area contributed by atoms with Crippen LogP contribution in [-0.4, -0.2) is 21.4 Å². The zero-order chi connectivity index (χ0) is 15.6. The van der Waals surface area contributed by atoms with Crippen molar-refractivity contribution in [1.82, 2.24) is 9.47 Å². The summed E-state index contributed by atoms with van der Waals surface area (Å²) in [6, 6.07) is 9.96. The predicted octanol–water partition coefficient (Wildman–Crippen LogP) is 2.81. The smallest absolute Gasteiger partial charge is 0.307 e. The van der Waals surface area contributed by atoms with E-state index in [2.05, 4.69) is 0 Å². The number of hydrogen-bond acceptors (Lipinski definition) is 3. The number of amides is 1. The number of rotatable bonds is 4. The molecule has 1 heterocycles. The maximum absolute atomic E-state index is 12.8. The number of hydrogen-bond donors (Lipinski definition) is 0. The van der Waals surface area contributed by atoms with Crippen LogP contribution in [0, 0.1) is 6.92 Å². The van der Waals surface area contributed by atoms with Crippen LogP contribution in [0.5, 0.6) is 0 Å². The van der Waals surface area contributed by atoms with Crippen molar-refractivity contribution in [2.24, 2.45) is 7.05 Å². The highest BCUT2D eigenvalue weighted by Gasteiger charge is 2.24. The molecule has 0 aliphatic rings. The van der Waals surface area contributed by atoms with E-state index in [1.165, 1.54) is 4.57 Å². The molecule has 1 aromatic carbocycles. The summed E-state index contributed by atoms with van der Waals surface area (Å²) in [6.07, 6.45) is 0. The van der Waals surface area contributed by atoms with E-state index >= 15 is 0 Å². The van der Waals surface area contributed by atoms with Gasteiger partial charge in [0.25, 0.3) is 5.91 Å². The van der Waals surface area contributed by atoms with Crippen molar-refractivity contribution in [2.75, 3.05) is 0 Å². The number of benzene rings is 1. The second-order valence-corrected chi connectivity index (χ2v) is 6.32. The van der Waals surface area contributed by atoms with Crippen molar-refractivity contribution in [3.63, 3.8) is 0 Å². The van der Waals surface area contributed by atoms with Gasteiger partial charge in [0.1, 0.15) is 4.88 Å². The van der Waals surface area contributed by atoms with Crippen LogP contribution in [0.4, 0.5) is 0 Å². The standard InChI is InChI=1S/C16H20N2O2S/c1-11(2)18(10-13-8-6-5-7-9-13)15(19)14-12(3)17(4)16(20)21-14/h5-9,11H,10H2,1-4H3. The normalized spacial score (nSPS) is 10.9. The minimum atomic E-state index is -0.0979. The SMILES string of the molecule is Cc1c(C(=O)N(Cc2ccccc2)C(C)C)sc(=O)n1C. The Balaban J connectivity index is 2.32. The van der Waals surface area contributed by atoms with E-state index in [4.69, 9.17) is 0 Å². The maximum atomic E-state index is 12.8. The lowest BCUT2D eigenvalue weighted by atomic mass is 10.1. The summed E-state index contributed by atoms with van der Waals surface area (Å²) < 4.78 is 1.53. The number of carbonyl (C=O) groups excluding carboxylic acids is 1. The largest absolute Gasteiger partial charge is 0.331 e. The molecule has 4 nitrogen and oxygen atoms in total. The number of aromatic nitrogens is 1. The second kappa shape index (κ2) is 6.26. The Bertz CT molecular complexity index is 686. The highest BCUT2D eigenvalue weighted by Crippen LogP contribution is 2.18. The molecule has 0 saturated carbocycles. The molecule has 2 rings (SSSR count). The molecular formula is C16H20N2O2S. The number of carbonyl (C=O) groups is 1. The Morgan fingerprint density at radius 2 is 1.90 bits per heavy atom. The summed E-state index contributed by atoms with van der Waals surface area (Å²) in [5.74, 6) is -0.0750. The van der Waals surface area contributed by atoms with Gasteiger partial charge < -0.3 is 9.47 Å². The van der Waals surface area contributed by atoms with Gasteiger partial charge in [0.2, 0.25) is 0 Å². The third kappa shape index (κ3) is 3.24. The molecule has 0 saturated heterocycles. The topological polar surface area (TPSA) is 42.3 Å². The first-order valence-electron chi connectivity index (χ1n) is 6.93. The quantitative estimate of drug-likeness (QED) is 0.871. The van der Waals surface area contributed by atoms with E-state index in [0.717, 1.165) is 22.6 Å². The number of thiazole rings is 1. The lowest BCUT2D eigenvalue weighted by molar-refractivity contribution is 0.0694. The average Bonchev–Trinajstić information content (AvgIpc) is 2.72. The third-order valence-corrected chi connectivity index (χ3v) is 4.69. The Kier molecular flexibility index (Phi) is 4.63. The molecule has 0 radical (unpaired) electrons. The molecule has 1 amide bonds. The van der Waals surface area contributed by atoms with Gasteiger partial charge in [0, 0.05) is 25.3 Å². The molecular weight excluding hydrogens is 284 g/mol. The molecule has 2 aromatic rings. The van der Waals surface area contributed by atoms with Crippen molar-refractivity contribution >= 4 is 17.2 Å². The first kappa shape index (κ1) is 15.5.